The van der Waals surface area contributed by atoms with Crippen LogP contribution in [-0.2, 0) is 9.53 Å². The lowest BCUT2D eigenvalue weighted by Gasteiger charge is -2.39. The standard InChI is InChI=1S/C26H26FN5O4/c1-14(33)26(34)32-12-19(13-32)36-25-21-8-22-16(10-29-31-22)7-20(21)23(17-6-18(27)11-28-9-17)24(30-25)15-2-4-35-5-3-15/h6-11,14-15,19,33H,2-5,12-13H2,1H3,(H,29,31). The Labute approximate surface area is 206 Å². The normalized spacial score (nSPS) is 17.9. The monoisotopic (exact) mass is 491 g/mol. The molecule has 1 atom stereocenters. The maximum atomic E-state index is 14.3. The van der Waals surface area contributed by atoms with Gasteiger partial charge in [-0.2, -0.15) is 5.10 Å². The summed E-state index contributed by atoms with van der Waals surface area (Å²) in [4.78, 5) is 22.8. The number of amides is 1. The van der Waals surface area contributed by atoms with Gasteiger partial charge >= 0.3 is 0 Å². The predicted molar refractivity (Wildman–Crippen MR) is 130 cm³/mol. The van der Waals surface area contributed by atoms with E-state index in [1.165, 1.54) is 19.2 Å². The predicted octanol–water partition coefficient (Wildman–Crippen LogP) is 3.18. The number of hydrogen-bond acceptors (Lipinski definition) is 7. The first-order valence-corrected chi connectivity index (χ1v) is 12.1. The van der Waals surface area contributed by atoms with Gasteiger partial charge in [-0.3, -0.25) is 14.9 Å². The summed E-state index contributed by atoms with van der Waals surface area (Å²) in [6, 6.07) is 5.45. The zero-order valence-corrected chi connectivity index (χ0v) is 19.8. The van der Waals surface area contributed by atoms with E-state index in [4.69, 9.17) is 14.5 Å². The third-order valence-corrected chi connectivity index (χ3v) is 6.95. The molecule has 36 heavy (non-hydrogen) atoms. The highest BCUT2D eigenvalue weighted by Crippen LogP contribution is 2.43. The Morgan fingerprint density at radius 1 is 1.19 bits per heavy atom. The maximum Gasteiger partial charge on any atom is 0.251 e. The van der Waals surface area contributed by atoms with Crippen molar-refractivity contribution in [2.75, 3.05) is 26.3 Å². The highest BCUT2D eigenvalue weighted by molar-refractivity contribution is 6.06. The van der Waals surface area contributed by atoms with Crippen molar-refractivity contribution in [2.45, 2.75) is 37.9 Å². The van der Waals surface area contributed by atoms with Gasteiger partial charge in [0.2, 0.25) is 5.88 Å². The molecule has 1 aromatic carbocycles. The number of likely N-dealkylation sites (tertiary alicyclic amines) is 1. The molecule has 186 valence electrons. The van der Waals surface area contributed by atoms with Crippen LogP contribution < -0.4 is 4.74 Å². The molecule has 4 aromatic rings. The molecule has 2 aliphatic rings. The van der Waals surface area contributed by atoms with Crippen LogP contribution in [0.5, 0.6) is 5.88 Å². The van der Waals surface area contributed by atoms with Crippen molar-refractivity contribution in [3.63, 3.8) is 0 Å². The second-order valence-corrected chi connectivity index (χ2v) is 9.47. The van der Waals surface area contributed by atoms with Gasteiger partial charge in [-0.15, -0.1) is 0 Å². The minimum Gasteiger partial charge on any atom is -0.470 e. The number of carbonyl (C=O) groups is 1. The molecule has 1 unspecified atom stereocenters. The lowest BCUT2D eigenvalue weighted by molar-refractivity contribution is -0.148. The van der Waals surface area contributed by atoms with Gasteiger partial charge in [0.25, 0.3) is 5.91 Å². The number of rotatable bonds is 5. The van der Waals surface area contributed by atoms with Crippen molar-refractivity contribution in [3.8, 4) is 17.0 Å². The minimum atomic E-state index is -1.04. The maximum absolute atomic E-state index is 14.3. The van der Waals surface area contributed by atoms with E-state index >= 15 is 0 Å². The van der Waals surface area contributed by atoms with Crippen LogP contribution in [0.3, 0.4) is 0 Å². The molecule has 2 saturated heterocycles. The topological polar surface area (TPSA) is 113 Å². The zero-order valence-electron chi connectivity index (χ0n) is 19.8. The van der Waals surface area contributed by atoms with Crippen molar-refractivity contribution >= 4 is 27.6 Å². The van der Waals surface area contributed by atoms with E-state index in [2.05, 4.69) is 15.2 Å². The minimum absolute atomic E-state index is 0.110. The number of ether oxygens (including phenoxy) is 2. The Hall–Kier alpha value is -3.63. The average Bonchev–Trinajstić information content (AvgIpc) is 3.32. The summed E-state index contributed by atoms with van der Waals surface area (Å²) >= 11 is 0. The number of aromatic amines is 1. The van der Waals surface area contributed by atoms with E-state index < -0.39 is 11.9 Å². The van der Waals surface area contributed by atoms with Crippen LogP contribution in [0.1, 0.15) is 31.4 Å². The molecule has 1 amide bonds. The molecule has 2 aliphatic heterocycles. The highest BCUT2D eigenvalue weighted by atomic mass is 19.1. The fourth-order valence-corrected chi connectivity index (χ4v) is 5.06. The second kappa shape index (κ2) is 9.11. The Kier molecular flexibility index (Phi) is 5.77. The molecule has 2 fully saturated rings. The van der Waals surface area contributed by atoms with Crippen molar-refractivity contribution in [1.29, 1.82) is 0 Å². The number of aliphatic hydroxyl groups is 1. The molecule has 0 aliphatic carbocycles. The Morgan fingerprint density at radius 3 is 2.75 bits per heavy atom. The lowest BCUT2D eigenvalue weighted by atomic mass is 9.87. The Bertz CT molecular complexity index is 1440. The third kappa shape index (κ3) is 4.06. The number of halogens is 1. The number of aromatic nitrogens is 4. The zero-order chi connectivity index (χ0) is 24.8. The van der Waals surface area contributed by atoms with Crippen LogP contribution in [-0.4, -0.2) is 74.6 Å². The first-order chi connectivity index (χ1) is 17.5. The van der Waals surface area contributed by atoms with E-state index in [9.17, 15) is 14.3 Å². The molecule has 5 heterocycles. The summed E-state index contributed by atoms with van der Waals surface area (Å²) in [6.45, 7) is 3.46. The molecular formula is C26H26FN5O4. The molecule has 0 saturated carbocycles. The quantitative estimate of drug-likeness (QED) is 0.441. The molecule has 2 N–H and O–H groups in total. The lowest BCUT2D eigenvalue weighted by Crippen LogP contribution is -2.58. The first kappa shape index (κ1) is 22.8. The number of pyridine rings is 2. The highest BCUT2D eigenvalue weighted by Gasteiger charge is 2.35. The fraction of sp³-hybridized carbons (Fsp3) is 0.385. The van der Waals surface area contributed by atoms with Gasteiger partial charge in [-0.05, 0) is 43.4 Å². The van der Waals surface area contributed by atoms with E-state index in [1.54, 1.807) is 17.3 Å². The summed E-state index contributed by atoms with van der Waals surface area (Å²) in [5, 5.41) is 19.3. The van der Waals surface area contributed by atoms with Crippen LogP contribution in [0, 0.1) is 5.82 Å². The van der Waals surface area contributed by atoms with Crippen LogP contribution in [0.2, 0.25) is 0 Å². The van der Waals surface area contributed by atoms with Gasteiger partial charge in [-0.25, -0.2) is 9.37 Å². The van der Waals surface area contributed by atoms with Crippen molar-refractivity contribution < 1.29 is 23.8 Å². The number of carbonyl (C=O) groups excluding carboxylic acids is 1. The van der Waals surface area contributed by atoms with Gasteiger partial charge in [0.15, 0.2) is 0 Å². The number of nitrogens with zero attached hydrogens (tertiary/aromatic N) is 4. The molecule has 10 heteroatoms. The molecule has 0 spiro atoms. The molecular weight excluding hydrogens is 465 g/mol. The number of H-pyrrole nitrogens is 1. The Morgan fingerprint density at radius 2 is 2.00 bits per heavy atom. The summed E-state index contributed by atoms with van der Waals surface area (Å²) in [5.74, 6) is -0.159. The number of benzene rings is 1. The van der Waals surface area contributed by atoms with E-state index in [1.807, 2.05) is 12.1 Å². The largest absolute Gasteiger partial charge is 0.470 e. The summed E-state index contributed by atoms with van der Waals surface area (Å²) < 4.78 is 26.2. The molecule has 0 radical (unpaired) electrons. The van der Waals surface area contributed by atoms with Crippen molar-refractivity contribution in [2.24, 2.45) is 0 Å². The van der Waals surface area contributed by atoms with Gasteiger partial charge in [0.05, 0.1) is 36.7 Å². The van der Waals surface area contributed by atoms with Gasteiger partial charge < -0.3 is 19.5 Å². The van der Waals surface area contributed by atoms with Gasteiger partial charge in [0, 0.05) is 47.2 Å². The number of hydrogen-bond donors (Lipinski definition) is 2. The van der Waals surface area contributed by atoms with Gasteiger partial charge in [-0.1, -0.05) is 0 Å². The number of aliphatic hydroxyl groups excluding tert-OH is 1. The fourth-order valence-electron chi connectivity index (χ4n) is 5.06. The van der Waals surface area contributed by atoms with Crippen LogP contribution in [0.4, 0.5) is 4.39 Å². The number of fused-ring (bicyclic) bond motifs is 2. The third-order valence-electron chi connectivity index (χ3n) is 6.95. The Balaban J connectivity index is 1.50. The van der Waals surface area contributed by atoms with Crippen LogP contribution in [0.15, 0.2) is 36.8 Å². The first-order valence-electron chi connectivity index (χ1n) is 12.1. The molecule has 9 nitrogen and oxygen atoms in total. The second-order valence-electron chi connectivity index (χ2n) is 9.47. The number of nitrogens with one attached hydrogen (secondary N) is 1. The van der Waals surface area contributed by atoms with Crippen molar-refractivity contribution in [1.82, 2.24) is 25.1 Å². The summed E-state index contributed by atoms with van der Waals surface area (Å²) in [5.41, 5.74) is 3.14. The van der Waals surface area contributed by atoms with Crippen LogP contribution in [0.25, 0.3) is 32.8 Å². The average molecular weight is 492 g/mol. The van der Waals surface area contributed by atoms with Crippen molar-refractivity contribution in [3.05, 3.63) is 48.3 Å². The van der Waals surface area contributed by atoms with Crippen LogP contribution >= 0.6 is 0 Å². The van der Waals surface area contributed by atoms with Gasteiger partial charge in [0.1, 0.15) is 18.0 Å². The molecule has 6 rings (SSSR count). The SMILES string of the molecule is CC(O)C(=O)N1CC(Oc2nc(C3CCOCC3)c(-c3cncc(F)c3)c3cc4cn[nH]c4cc23)C1. The molecule has 3 aromatic heterocycles. The van der Waals surface area contributed by atoms with E-state index in [0.717, 1.165) is 45.8 Å². The summed E-state index contributed by atoms with van der Waals surface area (Å²) in [6.07, 6.45) is 4.90. The van der Waals surface area contributed by atoms with E-state index in [-0.39, 0.29) is 17.9 Å². The smallest absolute Gasteiger partial charge is 0.251 e. The molecule has 0 bridgehead atoms. The summed E-state index contributed by atoms with van der Waals surface area (Å²) in [7, 11) is 0. The van der Waals surface area contributed by atoms with E-state index in [0.29, 0.717) is 37.7 Å².